The molecule has 41 heavy (non-hydrogen) atoms. The molecule has 0 amide bonds. The lowest BCUT2D eigenvalue weighted by Gasteiger charge is -2.20. The molecule has 5 rings (SSSR count). The number of anilines is 1. The van der Waals surface area contributed by atoms with Gasteiger partial charge >= 0.3 is 5.97 Å². The molecule has 3 aromatic carbocycles. The van der Waals surface area contributed by atoms with Gasteiger partial charge < -0.3 is 34.8 Å². The first-order valence-electron chi connectivity index (χ1n) is 13.8. The van der Waals surface area contributed by atoms with Crippen LogP contribution in [-0.4, -0.2) is 69.0 Å². The first kappa shape index (κ1) is 28.6. The van der Waals surface area contributed by atoms with E-state index >= 15 is 0 Å². The normalized spacial score (nSPS) is 20.3. The largest absolute Gasteiger partial charge is 0.493 e. The number of aliphatic hydroxyl groups excluding tert-OH is 3. The maximum atomic E-state index is 11.7. The number of hydrogen-bond acceptors (Lipinski definition) is 9. The standard InChI is InChI=1S/C31H35N3O7/c1-2-39-27(36)13-8-16-40-25-17-20(14-15-22(25)21-9-4-3-5-10-21)18-32-31-33-23-11-6-7-12-24(23)34(31)30-29(38)28(37)26(19-35)41-30/h3-7,9-12,14-15,17,26,28-30,35,37-38H,2,8,13,16,18-19H2,1H3,(H,32,33)/t26-,28-,29-,30-/m1/s1. The lowest BCUT2D eigenvalue weighted by Crippen LogP contribution is -2.33. The van der Waals surface area contributed by atoms with Gasteiger partial charge in [0, 0.05) is 18.5 Å². The fourth-order valence-corrected chi connectivity index (χ4v) is 4.99. The average molecular weight is 562 g/mol. The van der Waals surface area contributed by atoms with Crippen molar-refractivity contribution in [3.05, 3.63) is 78.4 Å². The summed E-state index contributed by atoms with van der Waals surface area (Å²) in [5, 5.41) is 34.0. The van der Waals surface area contributed by atoms with Gasteiger partial charge in [-0.1, -0.05) is 54.6 Å². The van der Waals surface area contributed by atoms with Crippen molar-refractivity contribution in [3.63, 3.8) is 0 Å². The molecular formula is C31H35N3O7. The van der Waals surface area contributed by atoms with Crippen LogP contribution in [0.15, 0.2) is 72.8 Å². The summed E-state index contributed by atoms with van der Waals surface area (Å²) < 4.78 is 18.7. The maximum absolute atomic E-state index is 11.7. The van der Waals surface area contributed by atoms with Crippen molar-refractivity contribution in [2.24, 2.45) is 0 Å². The Bertz CT molecular complexity index is 1460. The Morgan fingerprint density at radius 3 is 2.59 bits per heavy atom. The van der Waals surface area contributed by atoms with Crippen LogP contribution in [0, 0.1) is 0 Å². The van der Waals surface area contributed by atoms with E-state index in [0.29, 0.717) is 43.4 Å². The van der Waals surface area contributed by atoms with Gasteiger partial charge in [-0.3, -0.25) is 9.36 Å². The van der Waals surface area contributed by atoms with Gasteiger partial charge in [-0.2, -0.15) is 0 Å². The highest BCUT2D eigenvalue weighted by Crippen LogP contribution is 2.36. The summed E-state index contributed by atoms with van der Waals surface area (Å²) in [5.74, 6) is 0.899. The molecule has 0 aliphatic carbocycles. The molecular weight excluding hydrogens is 526 g/mol. The third-order valence-corrected chi connectivity index (χ3v) is 7.04. The van der Waals surface area contributed by atoms with Gasteiger partial charge in [0.1, 0.15) is 24.1 Å². The zero-order valence-electron chi connectivity index (χ0n) is 22.8. The van der Waals surface area contributed by atoms with Crippen molar-refractivity contribution >= 4 is 23.0 Å². The number of nitrogens with zero attached hydrogens (tertiary/aromatic N) is 2. The summed E-state index contributed by atoms with van der Waals surface area (Å²) in [5.41, 5.74) is 4.28. The predicted molar refractivity (Wildman–Crippen MR) is 153 cm³/mol. The average Bonchev–Trinajstić information content (AvgIpc) is 3.50. The summed E-state index contributed by atoms with van der Waals surface area (Å²) in [4.78, 5) is 16.4. The van der Waals surface area contributed by atoms with E-state index < -0.39 is 31.1 Å². The van der Waals surface area contributed by atoms with E-state index in [0.717, 1.165) is 22.2 Å². The van der Waals surface area contributed by atoms with Crippen molar-refractivity contribution in [2.75, 3.05) is 25.1 Å². The van der Waals surface area contributed by atoms with E-state index in [1.54, 1.807) is 11.5 Å². The van der Waals surface area contributed by atoms with Crippen molar-refractivity contribution in [3.8, 4) is 16.9 Å². The molecule has 0 radical (unpaired) electrons. The highest BCUT2D eigenvalue weighted by atomic mass is 16.6. The molecule has 1 aromatic heterocycles. The molecule has 4 aromatic rings. The number of ether oxygens (including phenoxy) is 3. The third-order valence-electron chi connectivity index (χ3n) is 7.04. The van der Waals surface area contributed by atoms with Gasteiger partial charge in [0.15, 0.2) is 6.23 Å². The quantitative estimate of drug-likeness (QED) is 0.151. The van der Waals surface area contributed by atoms with Crippen LogP contribution < -0.4 is 10.1 Å². The summed E-state index contributed by atoms with van der Waals surface area (Å²) in [7, 11) is 0. The lowest BCUT2D eigenvalue weighted by molar-refractivity contribution is -0.143. The number of aliphatic hydroxyl groups is 3. The summed E-state index contributed by atoms with van der Waals surface area (Å²) in [6.45, 7) is 2.46. The lowest BCUT2D eigenvalue weighted by atomic mass is 10.0. The number of benzene rings is 3. The minimum absolute atomic E-state index is 0.241. The van der Waals surface area contributed by atoms with E-state index in [1.807, 2.05) is 72.8 Å². The molecule has 0 bridgehead atoms. The van der Waals surface area contributed by atoms with Crippen LogP contribution in [0.25, 0.3) is 22.2 Å². The molecule has 10 nitrogen and oxygen atoms in total. The molecule has 0 spiro atoms. The Morgan fingerprint density at radius 2 is 1.83 bits per heavy atom. The highest BCUT2D eigenvalue weighted by Gasteiger charge is 2.44. The van der Waals surface area contributed by atoms with E-state index in [4.69, 9.17) is 19.2 Å². The van der Waals surface area contributed by atoms with Gasteiger partial charge in [0.05, 0.1) is 30.9 Å². The highest BCUT2D eigenvalue weighted by molar-refractivity contribution is 5.79. The zero-order valence-corrected chi connectivity index (χ0v) is 22.8. The van der Waals surface area contributed by atoms with Gasteiger partial charge in [-0.15, -0.1) is 0 Å². The van der Waals surface area contributed by atoms with Crippen molar-refractivity contribution in [2.45, 2.75) is 50.8 Å². The molecule has 0 unspecified atom stereocenters. The predicted octanol–water partition coefficient (Wildman–Crippen LogP) is 3.65. The molecule has 1 aliphatic rings. The monoisotopic (exact) mass is 561 g/mol. The van der Waals surface area contributed by atoms with Gasteiger partial charge in [0.25, 0.3) is 0 Å². The number of nitrogens with one attached hydrogen (secondary N) is 1. The van der Waals surface area contributed by atoms with Crippen LogP contribution in [0.2, 0.25) is 0 Å². The fraction of sp³-hybridized carbons (Fsp3) is 0.355. The van der Waals surface area contributed by atoms with E-state index in [1.165, 1.54) is 0 Å². The number of carbonyl (C=O) groups excluding carboxylic acids is 1. The van der Waals surface area contributed by atoms with E-state index in [9.17, 15) is 20.1 Å². The molecule has 0 saturated carbocycles. The molecule has 4 N–H and O–H groups in total. The van der Waals surface area contributed by atoms with Gasteiger partial charge in [-0.25, -0.2) is 4.98 Å². The number of carbonyl (C=O) groups is 1. The molecule has 1 fully saturated rings. The second-order valence-electron chi connectivity index (χ2n) is 9.83. The van der Waals surface area contributed by atoms with Gasteiger partial charge in [0.2, 0.25) is 5.95 Å². The smallest absolute Gasteiger partial charge is 0.305 e. The van der Waals surface area contributed by atoms with Crippen molar-refractivity contribution < 1.29 is 34.3 Å². The molecule has 10 heteroatoms. The Morgan fingerprint density at radius 1 is 1.05 bits per heavy atom. The van der Waals surface area contributed by atoms with Crippen LogP contribution in [0.1, 0.15) is 31.6 Å². The van der Waals surface area contributed by atoms with Gasteiger partial charge in [-0.05, 0) is 42.7 Å². The first-order chi connectivity index (χ1) is 20.0. The number of para-hydroxylation sites is 2. The molecule has 4 atom stereocenters. The molecule has 2 heterocycles. The maximum Gasteiger partial charge on any atom is 0.305 e. The topological polar surface area (TPSA) is 135 Å². The van der Waals surface area contributed by atoms with Crippen LogP contribution in [0.3, 0.4) is 0 Å². The number of imidazole rings is 1. The summed E-state index contributed by atoms with van der Waals surface area (Å²) in [6, 6.07) is 23.3. The third kappa shape index (κ3) is 6.36. The second kappa shape index (κ2) is 13.1. The minimum Gasteiger partial charge on any atom is -0.493 e. The number of rotatable bonds is 12. The molecule has 1 saturated heterocycles. The molecule has 1 aliphatic heterocycles. The number of hydrogen-bond donors (Lipinski definition) is 4. The van der Waals surface area contributed by atoms with Crippen molar-refractivity contribution in [1.82, 2.24) is 9.55 Å². The zero-order chi connectivity index (χ0) is 28.8. The van der Waals surface area contributed by atoms with Crippen LogP contribution in [0.5, 0.6) is 5.75 Å². The Balaban J connectivity index is 1.38. The van der Waals surface area contributed by atoms with Crippen LogP contribution >= 0.6 is 0 Å². The summed E-state index contributed by atoms with van der Waals surface area (Å²) in [6.07, 6.45) is -3.50. The number of fused-ring (bicyclic) bond motifs is 1. The van der Waals surface area contributed by atoms with Crippen LogP contribution in [-0.2, 0) is 20.8 Å². The Labute approximate surface area is 238 Å². The first-order valence-corrected chi connectivity index (χ1v) is 13.8. The number of aromatic nitrogens is 2. The SMILES string of the molecule is CCOC(=O)CCCOc1cc(CNc2nc3ccccc3n2[C@@H]2O[C@H](CO)[C@@H](O)[C@H]2O)ccc1-c1ccccc1. The fourth-order valence-electron chi connectivity index (χ4n) is 4.99. The van der Waals surface area contributed by atoms with E-state index in [-0.39, 0.29) is 12.4 Å². The summed E-state index contributed by atoms with van der Waals surface area (Å²) >= 11 is 0. The Kier molecular flexibility index (Phi) is 9.15. The number of esters is 1. The van der Waals surface area contributed by atoms with Crippen molar-refractivity contribution in [1.29, 1.82) is 0 Å². The minimum atomic E-state index is -1.25. The Hall–Kier alpha value is -3.96. The van der Waals surface area contributed by atoms with Crippen LogP contribution in [0.4, 0.5) is 5.95 Å². The van der Waals surface area contributed by atoms with E-state index in [2.05, 4.69) is 5.32 Å². The molecule has 216 valence electrons. The second-order valence-corrected chi connectivity index (χ2v) is 9.83.